The van der Waals surface area contributed by atoms with Crippen molar-refractivity contribution in [3.8, 4) is 0 Å². The minimum absolute atomic E-state index is 0.00769. The molecule has 0 bridgehead atoms. The van der Waals surface area contributed by atoms with Crippen LogP contribution in [0, 0.1) is 0 Å². The summed E-state index contributed by atoms with van der Waals surface area (Å²) in [6.07, 6.45) is 0. The van der Waals surface area contributed by atoms with E-state index in [9.17, 15) is 12.8 Å². The lowest BCUT2D eigenvalue weighted by atomic mass is 10.8. The molecule has 0 heterocycles. The number of hydrogen-bond donors (Lipinski definition) is 1. The molecule has 0 radical (unpaired) electrons. The van der Waals surface area contributed by atoms with E-state index < -0.39 is 15.8 Å². The lowest BCUT2D eigenvalue weighted by Crippen LogP contribution is -2.16. The van der Waals surface area contributed by atoms with Crippen LogP contribution in [0.2, 0.25) is 0 Å². The molecular formula is C3H8FNO2S. The van der Waals surface area contributed by atoms with Crippen molar-refractivity contribution in [2.45, 2.75) is 0 Å². The van der Waals surface area contributed by atoms with Crippen molar-refractivity contribution in [2.75, 3.05) is 18.3 Å². The Labute approximate surface area is 47.6 Å². The van der Waals surface area contributed by atoms with Crippen molar-refractivity contribution < 1.29 is 12.8 Å². The van der Waals surface area contributed by atoms with Crippen LogP contribution in [0.1, 0.15) is 0 Å². The molecule has 0 saturated heterocycles. The fourth-order valence-electron chi connectivity index (χ4n) is 0.234. The molecule has 50 valence electrons. The summed E-state index contributed by atoms with van der Waals surface area (Å²) < 4.78 is 31.6. The second-order valence-corrected chi connectivity index (χ2v) is 3.46. The van der Waals surface area contributed by atoms with Crippen molar-refractivity contribution in [1.82, 2.24) is 0 Å². The van der Waals surface area contributed by atoms with Gasteiger partial charge in [0.05, 0.1) is 5.75 Å². The number of halogens is 1. The van der Waals surface area contributed by atoms with Crippen molar-refractivity contribution in [1.29, 1.82) is 0 Å². The van der Waals surface area contributed by atoms with Crippen LogP contribution in [0.15, 0.2) is 0 Å². The van der Waals surface area contributed by atoms with Gasteiger partial charge in [0.25, 0.3) is 0 Å². The van der Waals surface area contributed by atoms with Crippen LogP contribution in [-0.2, 0) is 9.84 Å². The summed E-state index contributed by atoms with van der Waals surface area (Å²) in [5.74, 6) is -0.260. The van der Waals surface area contributed by atoms with Gasteiger partial charge in [-0.2, -0.15) is 0 Å². The molecule has 0 aliphatic carbocycles. The number of sulfone groups is 1. The summed E-state index contributed by atoms with van der Waals surface area (Å²) in [4.78, 5) is 0. The first-order valence-electron chi connectivity index (χ1n) is 2.09. The lowest BCUT2D eigenvalue weighted by molar-refractivity contribution is 0.534. The summed E-state index contributed by atoms with van der Waals surface area (Å²) in [5, 5.41) is 0. The molecule has 3 nitrogen and oxygen atoms in total. The highest BCUT2D eigenvalue weighted by atomic mass is 32.2. The normalized spacial score (nSPS) is 11.8. The summed E-state index contributed by atoms with van der Waals surface area (Å²) in [6, 6.07) is -1.30. The second-order valence-electron chi connectivity index (χ2n) is 1.35. The molecule has 5 heteroatoms. The highest BCUT2D eigenvalue weighted by Gasteiger charge is 2.05. The summed E-state index contributed by atoms with van der Waals surface area (Å²) in [7, 11) is -3.46. The largest absolute Gasteiger partial charge is 0.329 e. The number of alkyl halides is 1. The maximum Gasteiger partial charge on any atom is 0.190 e. The van der Waals surface area contributed by atoms with Gasteiger partial charge in [-0.15, -0.1) is 0 Å². The first-order valence-corrected chi connectivity index (χ1v) is 3.91. The van der Waals surface area contributed by atoms with Crippen LogP contribution < -0.4 is 5.73 Å². The molecule has 0 saturated carbocycles. The predicted octanol–water partition coefficient (Wildman–Crippen LogP) is -0.713. The van der Waals surface area contributed by atoms with E-state index in [1.165, 1.54) is 0 Å². The van der Waals surface area contributed by atoms with E-state index in [4.69, 9.17) is 5.73 Å². The van der Waals surface area contributed by atoms with Crippen LogP contribution in [-0.4, -0.2) is 26.7 Å². The lowest BCUT2D eigenvalue weighted by Gasteiger charge is -1.91. The molecule has 0 fully saturated rings. The summed E-state index contributed by atoms with van der Waals surface area (Å²) >= 11 is 0. The Morgan fingerprint density at radius 1 is 1.50 bits per heavy atom. The zero-order valence-corrected chi connectivity index (χ0v) is 5.12. The Morgan fingerprint density at radius 2 is 2.00 bits per heavy atom. The molecule has 0 aromatic heterocycles. The quantitative estimate of drug-likeness (QED) is 0.564. The van der Waals surface area contributed by atoms with Gasteiger partial charge in [0, 0.05) is 6.54 Å². The molecule has 0 aliphatic heterocycles. The van der Waals surface area contributed by atoms with Gasteiger partial charge in [0.2, 0.25) is 0 Å². The SMILES string of the molecule is NCCS(=O)(=O)CF. The average molecular weight is 141 g/mol. The molecule has 0 amide bonds. The molecule has 2 N–H and O–H groups in total. The Bertz CT molecular complexity index is 141. The maximum atomic E-state index is 11.3. The van der Waals surface area contributed by atoms with E-state index in [1.807, 2.05) is 0 Å². The average Bonchev–Trinajstić information content (AvgIpc) is 1.67. The van der Waals surface area contributed by atoms with E-state index in [0.717, 1.165) is 0 Å². The topological polar surface area (TPSA) is 60.2 Å². The van der Waals surface area contributed by atoms with Crippen LogP contribution in [0.5, 0.6) is 0 Å². The van der Waals surface area contributed by atoms with Crippen LogP contribution >= 0.6 is 0 Å². The zero-order chi connectivity index (χ0) is 6.62. The smallest absolute Gasteiger partial charge is 0.190 e. The van der Waals surface area contributed by atoms with Gasteiger partial charge < -0.3 is 5.73 Å². The minimum atomic E-state index is -3.46. The van der Waals surface area contributed by atoms with Gasteiger partial charge in [-0.05, 0) is 0 Å². The fourth-order valence-corrected chi connectivity index (χ4v) is 0.702. The van der Waals surface area contributed by atoms with Gasteiger partial charge in [-0.1, -0.05) is 0 Å². The molecular weight excluding hydrogens is 133 g/mol. The summed E-state index contributed by atoms with van der Waals surface area (Å²) in [5.41, 5.74) is 4.84. The fraction of sp³-hybridized carbons (Fsp3) is 1.00. The van der Waals surface area contributed by atoms with E-state index in [0.29, 0.717) is 0 Å². The van der Waals surface area contributed by atoms with Crippen molar-refractivity contribution >= 4 is 9.84 Å². The molecule has 0 aromatic carbocycles. The van der Waals surface area contributed by atoms with Gasteiger partial charge in [0.15, 0.2) is 15.8 Å². The Kier molecular flexibility index (Phi) is 2.93. The third kappa shape index (κ3) is 2.92. The van der Waals surface area contributed by atoms with Crippen molar-refractivity contribution in [2.24, 2.45) is 5.73 Å². The van der Waals surface area contributed by atoms with Crippen molar-refractivity contribution in [3.05, 3.63) is 0 Å². The predicted molar refractivity (Wildman–Crippen MR) is 28.8 cm³/mol. The molecule has 0 rings (SSSR count). The molecule has 0 spiro atoms. The third-order valence-corrected chi connectivity index (χ3v) is 1.79. The first kappa shape index (κ1) is 7.84. The molecule has 0 unspecified atom stereocenters. The zero-order valence-electron chi connectivity index (χ0n) is 4.30. The Hall–Kier alpha value is -0.160. The second kappa shape index (κ2) is 2.99. The molecule has 0 aliphatic rings. The first-order chi connectivity index (χ1) is 3.62. The van der Waals surface area contributed by atoms with Crippen LogP contribution in [0.25, 0.3) is 0 Å². The standard InChI is InChI=1S/C3H8FNO2S/c4-3-8(6,7)2-1-5/h1-3,5H2. The van der Waals surface area contributed by atoms with E-state index in [2.05, 4.69) is 0 Å². The summed E-state index contributed by atoms with van der Waals surface area (Å²) in [6.45, 7) is -0.00769. The molecule has 0 aromatic rings. The van der Waals surface area contributed by atoms with Gasteiger partial charge in [-0.25, -0.2) is 12.8 Å². The van der Waals surface area contributed by atoms with E-state index >= 15 is 0 Å². The van der Waals surface area contributed by atoms with Gasteiger partial charge in [-0.3, -0.25) is 0 Å². The number of hydrogen-bond acceptors (Lipinski definition) is 3. The minimum Gasteiger partial charge on any atom is -0.329 e. The van der Waals surface area contributed by atoms with Crippen LogP contribution in [0.4, 0.5) is 4.39 Å². The number of nitrogens with two attached hydrogens (primary N) is 1. The van der Waals surface area contributed by atoms with Gasteiger partial charge >= 0.3 is 0 Å². The van der Waals surface area contributed by atoms with Gasteiger partial charge in [0.1, 0.15) is 0 Å². The van der Waals surface area contributed by atoms with E-state index in [1.54, 1.807) is 0 Å². The number of rotatable bonds is 3. The van der Waals surface area contributed by atoms with E-state index in [-0.39, 0.29) is 12.3 Å². The Morgan fingerprint density at radius 3 is 2.12 bits per heavy atom. The monoisotopic (exact) mass is 141 g/mol. The molecule has 0 atom stereocenters. The molecule has 8 heavy (non-hydrogen) atoms. The third-order valence-electron chi connectivity index (χ3n) is 0.595. The highest BCUT2D eigenvalue weighted by molar-refractivity contribution is 7.91. The maximum absolute atomic E-state index is 11.3. The highest BCUT2D eigenvalue weighted by Crippen LogP contribution is 1.86. The van der Waals surface area contributed by atoms with Crippen molar-refractivity contribution in [3.63, 3.8) is 0 Å². The van der Waals surface area contributed by atoms with Crippen LogP contribution in [0.3, 0.4) is 0 Å². The Balaban J connectivity index is 3.76.